The predicted molar refractivity (Wildman–Crippen MR) is 40.7 cm³/mol. The van der Waals surface area contributed by atoms with Gasteiger partial charge in [-0.05, 0) is 0 Å². The Labute approximate surface area is 62.9 Å². The first-order valence-corrected chi connectivity index (χ1v) is 3.36. The lowest BCUT2D eigenvalue weighted by molar-refractivity contribution is 0.979. The summed E-state index contributed by atoms with van der Waals surface area (Å²) >= 11 is 0. The van der Waals surface area contributed by atoms with Crippen molar-refractivity contribution in [2.45, 2.75) is 0 Å². The molecular weight excluding hydrogens is 144 g/mol. The SMILES string of the molecule is O=c1[nH][c]nc2c1NCCN2. The number of aromatic amines is 1. The van der Waals surface area contributed by atoms with Gasteiger partial charge < -0.3 is 15.6 Å². The maximum atomic E-state index is 11.0. The van der Waals surface area contributed by atoms with E-state index in [1.807, 2.05) is 0 Å². The molecule has 0 atom stereocenters. The van der Waals surface area contributed by atoms with Gasteiger partial charge in [-0.1, -0.05) is 0 Å². The van der Waals surface area contributed by atoms with Gasteiger partial charge in [0.2, 0.25) is 0 Å². The Bertz CT molecular complexity index is 319. The van der Waals surface area contributed by atoms with E-state index in [0.717, 1.165) is 13.1 Å². The minimum Gasteiger partial charge on any atom is -0.376 e. The molecule has 0 spiro atoms. The van der Waals surface area contributed by atoms with E-state index in [9.17, 15) is 4.79 Å². The summed E-state index contributed by atoms with van der Waals surface area (Å²) in [7, 11) is 0. The zero-order valence-corrected chi connectivity index (χ0v) is 5.77. The Hall–Kier alpha value is -1.52. The van der Waals surface area contributed by atoms with Gasteiger partial charge in [-0.15, -0.1) is 0 Å². The summed E-state index contributed by atoms with van der Waals surface area (Å²) in [6, 6.07) is 0. The van der Waals surface area contributed by atoms with Crippen LogP contribution in [0.4, 0.5) is 11.5 Å². The molecule has 0 bridgehead atoms. The van der Waals surface area contributed by atoms with Crippen molar-refractivity contribution < 1.29 is 0 Å². The summed E-state index contributed by atoms with van der Waals surface area (Å²) in [5.74, 6) is 0.583. The summed E-state index contributed by atoms with van der Waals surface area (Å²) in [4.78, 5) is 17.2. The predicted octanol–water partition coefficient (Wildman–Crippen LogP) is -0.593. The molecule has 0 saturated heterocycles. The molecule has 0 saturated carbocycles. The van der Waals surface area contributed by atoms with Gasteiger partial charge in [-0.25, -0.2) is 4.98 Å². The zero-order valence-electron chi connectivity index (χ0n) is 5.77. The van der Waals surface area contributed by atoms with Gasteiger partial charge in [0.1, 0.15) is 5.69 Å². The molecule has 0 aliphatic carbocycles. The van der Waals surface area contributed by atoms with Gasteiger partial charge in [0.15, 0.2) is 12.1 Å². The van der Waals surface area contributed by atoms with Crippen molar-refractivity contribution in [1.82, 2.24) is 9.97 Å². The smallest absolute Gasteiger partial charge is 0.276 e. The van der Waals surface area contributed by atoms with E-state index in [1.165, 1.54) is 0 Å². The highest BCUT2D eigenvalue weighted by molar-refractivity contribution is 5.64. The topological polar surface area (TPSA) is 69.8 Å². The lowest BCUT2D eigenvalue weighted by Gasteiger charge is -2.16. The second-order valence-corrected chi connectivity index (χ2v) is 2.25. The van der Waals surface area contributed by atoms with Crippen LogP contribution in [0.3, 0.4) is 0 Å². The number of rotatable bonds is 0. The molecule has 2 rings (SSSR count). The van der Waals surface area contributed by atoms with Gasteiger partial charge in [-0.2, -0.15) is 0 Å². The van der Waals surface area contributed by atoms with Gasteiger partial charge >= 0.3 is 0 Å². The van der Waals surface area contributed by atoms with E-state index in [-0.39, 0.29) is 5.56 Å². The minimum absolute atomic E-state index is 0.179. The van der Waals surface area contributed by atoms with Crippen molar-refractivity contribution in [1.29, 1.82) is 0 Å². The largest absolute Gasteiger partial charge is 0.376 e. The van der Waals surface area contributed by atoms with Crippen LogP contribution >= 0.6 is 0 Å². The van der Waals surface area contributed by atoms with E-state index in [2.05, 4.69) is 26.9 Å². The van der Waals surface area contributed by atoms with Crippen LogP contribution in [-0.2, 0) is 0 Å². The van der Waals surface area contributed by atoms with Gasteiger partial charge in [0.25, 0.3) is 5.56 Å². The monoisotopic (exact) mass is 151 g/mol. The number of anilines is 2. The van der Waals surface area contributed by atoms with Crippen molar-refractivity contribution in [3.8, 4) is 0 Å². The number of fused-ring (bicyclic) bond motifs is 1. The molecule has 1 aliphatic rings. The number of aromatic nitrogens is 2. The maximum Gasteiger partial charge on any atom is 0.276 e. The normalized spacial score (nSPS) is 14.5. The Balaban J connectivity index is 2.58. The molecule has 2 heterocycles. The van der Waals surface area contributed by atoms with Crippen molar-refractivity contribution in [2.75, 3.05) is 23.7 Å². The fraction of sp³-hybridized carbons (Fsp3) is 0.333. The van der Waals surface area contributed by atoms with Crippen LogP contribution in [0, 0.1) is 6.33 Å². The molecule has 0 unspecified atom stereocenters. The molecular formula is C6H7N4O. The van der Waals surface area contributed by atoms with Gasteiger partial charge in [-0.3, -0.25) is 4.79 Å². The van der Waals surface area contributed by atoms with Gasteiger partial charge in [0, 0.05) is 13.1 Å². The highest BCUT2D eigenvalue weighted by Gasteiger charge is 2.10. The molecule has 1 aromatic heterocycles. The number of hydrogen-bond donors (Lipinski definition) is 3. The summed E-state index contributed by atoms with van der Waals surface area (Å²) < 4.78 is 0. The van der Waals surface area contributed by atoms with Gasteiger partial charge in [0.05, 0.1) is 0 Å². The highest BCUT2D eigenvalue weighted by atomic mass is 16.1. The highest BCUT2D eigenvalue weighted by Crippen LogP contribution is 2.13. The summed E-state index contributed by atoms with van der Waals surface area (Å²) in [5.41, 5.74) is 0.331. The van der Waals surface area contributed by atoms with Crippen molar-refractivity contribution in [3.05, 3.63) is 16.7 Å². The molecule has 0 fully saturated rings. The summed E-state index contributed by atoms with van der Waals surface area (Å²) in [5, 5.41) is 5.92. The van der Waals surface area contributed by atoms with Crippen LogP contribution in [0.5, 0.6) is 0 Å². The molecule has 0 aromatic carbocycles. The molecule has 57 valence electrons. The molecule has 0 amide bonds. The van der Waals surface area contributed by atoms with E-state index < -0.39 is 0 Å². The molecule has 3 N–H and O–H groups in total. The molecule has 5 nitrogen and oxygen atoms in total. The van der Waals surface area contributed by atoms with E-state index in [0.29, 0.717) is 11.5 Å². The quantitative estimate of drug-likeness (QED) is 0.463. The Morgan fingerprint density at radius 1 is 1.36 bits per heavy atom. The second-order valence-electron chi connectivity index (χ2n) is 2.25. The lowest BCUT2D eigenvalue weighted by atomic mass is 10.4. The Kier molecular flexibility index (Phi) is 1.28. The third-order valence-corrected chi connectivity index (χ3v) is 1.52. The lowest BCUT2D eigenvalue weighted by Crippen LogP contribution is -2.27. The van der Waals surface area contributed by atoms with Crippen molar-refractivity contribution in [2.24, 2.45) is 0 Å². The van der Waals surface area contributed by atoms with E-state index in [1.54, 1.807) is 0 Å². The first-order chi connectivity index (χ1) is 5.38. The Morgan fingerprint density at radius 2 is 2.18 bits per heavy atom. The average molecular weight is 151 g/mol. The number of hydrogen-bond acceptors (Lipinski definition) is 4. The third-order valence-electron chi connectivity index (χ3n) is 1.52. The first-order valence-electron chi connectivity index (χ1n) is 3.36. The van der Waals surface area contributed by atoms with Crippen LogP contribution in [0.1, 0.15) is 0 Å². The van der Waals surface area contributed by atoms with Crippen LogP contribution in [0.15, 0.2) is 4.79 Å². The van der Waals surface area contributed by atoms with Crippen molar-refractivity contribution >= 4 is 11.5 Å². The number of H-pyrrole nitrogens is 1. The van der Waals surface area contributed by atoms with Crippen LogP contribution in [-0.4, -0.2) is 23.1 Å². The second kappa shape index (κ2) is 2.26. The van der Waals surface area contributed by atoms with Crippen molar-refractivity contribution in [3.63, 3.8) is 0 Å². The first kappa shape index (κ1) is 6.21. The van der Waals surface area contributed by atoms with E-state index in [4.69, 9.17) is 0 Å². The zero-order chi connectivity index (χ0) is 7.68. The fourth-order valence-corrected chi connectivity index (χ4v) is 1.02. The number of nitrogens with zero attached hydrogens (tertiary/aromatic N) is 1. The molecule has 5 heteroatoms. The standard InChI is InChI=1S/C6H7N4O/c11-6-4-5(9-3-10-6)8-2-1-7-4/h7H,1-2H2,(H2,8,9,10,11). The van der Waals surface area contributed by atoms with Crippen LogP contribution < -0.4 is 16.2 Å². The fourth-order valence-electron chi connectivity index (χ4n) is 1.02. The molecule has 1 aliphatic heterocycles. The van der Waals surface area contributed by atoms with Crippen LogP contribution in [0.25, 0.3) is 0 Å². The number of nitrogens with one attached hydrogen (secondary N) is 3. The summed E-state index contributed by atoms with van der Waals surface area (Å²) in [6.07, 6.45) is 2.40. The molecule has 1 radical (unpaired) electrons. The Morgan fingerprint density at radius 3 is 3.00 bits per heavy atom. The third kappa shape index (κ3) is 0.938. The maximum absolute atomic E-state index is 11.0. The average Bonchev–Trinajstić information content (AvgIpc) is 2.06. The molecule has 1 aromatic rings. The minimum atomic E-state index is -0.179. The molecule has 11 heavy (non-hydrogen) atoms. The van der Waals surface area contributed by atoms with E-state index >= 15 is 0 Å². The van der Waals surface area contributed by atoms with Crippen LogP contribution in [0.2, 0.25) is 0 Å². The summed E-state index contributed by atoms with van der Waals surface area (Å²) in [6.45, 7) is 1.54.